The van der Waals surface area contributed by atoms with E-state index in [1.165, 1.54) is 11.1 Å². The van der Waals surface area contributed by atoms with Crippen LogP contribution in [-0.2, 0) is 6.42 Å². The van der Waals surface area contributed by atoms with E-state index in [-0.39, 0.29) is 0 Å². The molecule has 0 N–H and O–H groups in total. The number of nitroso groups, excluding NO2 is 1. The van der Waals surface area contributed by atoms with Crippen molar-refractivity contribution in [3.8, 4) is 0 Å². The van der Waals surface area contributed by atoms with E-state index in [1.807, 2.05) is 24.3 Å². The lowest BCUT2D eigenvalue weighted by Gasteiger charge is -2.16. The summed E-state index contributed by atoms with van der Waals surface area (Å²) in [7, 11) is 0. The summed E-state index contributed by atoms with van der Waals surface area (Å²) < 4.78 is 0. The molecular weight excluding hydrogens is 222 g/mol. The van der Waals surface area contributed by atoms with Gasteiger partial charge in [0, 0.05) is 0 Å². The van der Waals surface area contributed by atoms with Crippen molar-refractivity contribution in [3.63, 3.8) is 0 Å². The first-order chi connectivity index (χ1) is 8.90. The van der Waals surface area contributed by atoms with Gasteiger partial charge in [-0.3, -0.25) is 0 Å². The van der Waals surface area contributed by atoms with Crippen LogP contribution in [0.3, 0.4) is 0 Å². The molecule has 0 aliphatic heterocycles. The van der Waals surface area contributed by atoms with Crippen molar-refractivity contribution < 1.29 is 0 Å². The van der Waals surface area contributed by atoms with Gasteiger partial charge in [-0.05, 0) is 29.9 Å². The van der Waals surface area contributed by atoms with E-state index in [9.17, 15) is 4.91 Å². The molecule has 2 heteroatoms. The summed E-state index contributed by atoms with van der Waals surface area (Å²) in [6.45, 7) is 0.381. The zero-order chi connectivity index (χ0) is 12.6. The fourth-order valence-electron chi connectivity index (χ4n) is 2.22. The van der Waals surface area contributed by atoms with Crippen LogP contribution in [0.1, 0.15) is 23.5 Å². The number of hydrogen-bond acceptors (Lipinski definition) is 2. The van der Waals surface area contributed by atoms with Gasteiger partial charge in [-0.25, -0.2) is 0 Å². The number of rotatable bonds is 6. The lowest BCUT2D eigenvalue weighted by molar-refractivity contribution is 0.629. The van der Waals surface area contributed by atoms with E-state index < -0.39 is 0 Å². The maximum atomic E-state index is 10.3. The highest BCUT2D eigenvalue weighted by atomic mass is 16.3. The largest absolute Gasteiger partial charge is 0.151 e. The van der Waals surface area contributed by atoms with E-state index in [0.29, 0.717) is 12.5 Å². The van der Waals surface area contributed by atoms with Gasteiger partial charge in [-0.1, -0.05) is 65.8 Å². The Morgan fingerprint density at radius 2 is 1.50 bits per heavy atom. The molecule has 1 unspecified atom stereocenters. The fraction of sp³-hybridized carbons (Fsp3) is 0.250. The monoisotopic (exact) mass is 239 g/mol. The van der Waals surface area contributed by atoms with Gasteiger partial charge in [0.1, 0.15) is 0 Å². The second-order valence-corrected chi connectivity index (χ2v) is 4.44. The first-order valence-corrected chi connectivity index (χ1v) is 6.28. The molecule has 1 atom stereocenters. The zero-order valence-electron chi connectivity index (χ0n) is 10.3. The Morgan fingerprint density at radius 3 is 2.11 bits per heavy atom. The fourth-order valence-corrected chi connectivity index (χ4v) is 2.22. The molecule has 92 valence electrons. The molecule has 0 aliphatic carbocycles. The molecule has 2 nitrogen and oxygen atoms in total. The third-order valence-corrected chi connectivity index (χ3v) is 3.16. The van der Waals surface area contributed by atoms with Gasteiger partial charge in [-0.15, -0.1) is 0 Å². The van der Waals surface area contributed by atoms with Crippen LogP contribution in [0.2, 0.25) is 0 Å². The maximum Gasteiger partial charge on any atom is 0.0817 e. The molecule has 2 aromatic rings. The summed E-state index contributed by atoms with van der Waals surface area (Å²) in [5.41, 5.74) is 2.59. The third kappa shape index (κ3) is 3.52. The van der Waals surface area contributed by atoms with Crippen molar-refractivity contribution in [2.45, 2.75) is 18.8 Å². The van der Waals surface area contributed by atoms with Crippen LogP contribution in [0.5, 0.6) is 0 Å². The minimum atomic E-state index is 0.367. The highest BCUT2D eigenvalue weighted by Crippen LogP contribution is 2.24. The van der Waals surface area contributed by atoms with Crippen LogP contribution in [0.25, 0.3) is 0 Å². The number of hydrogen-bond donors (Lipinski definition) is 0. The SMILES string of the molecule is O=NCCC(Cc1ccccc1)c1ccccc1. The Balaban J connectivity index is 2.13. The van der Waals surface area contributed by atoms with E-state index in [4.69, 9.17) is 0 Å². The minimum Gasteiger partial charge on any atom is -0.151 e. The number of benzene rings is 2. The average molecular weight is 239 g/mol. The van der Waals surface area contributed by atoms with Crippen molar-refractivity contribution in [1.82, 2.24) is 0 Å². The molecule has 0 aromatic heterocycles. The smallest absolute Gasteiger partial charge is 0.0817 e. The summed E-state index contributed by atoms with van der Waals surface area (Å²) in [6, 6.07) is 20.7. The van der Waals surface area contributed by atoms with Gasteiger partial charge in [0.15, 0.2) is 0 Å². The van der Waals surface area contributed by atoms with Crippen molar-refractivity contribution in [2.24, 2.45) is 5.18 Å². The van der Waals surface area contributed by atoms with Gasteiger partial charge in [0.2, 0.25) is 0 Å². The zero-order valence-corrected chi connectivity index (χ0v) is 10.3. The Kier molecular flexibility index (Phi) is 4.65. The van der Waals surface area contributed by atoms with Crippen LogP contribution in [0.15, 0.2) is 65.8 Å². The molecule has 18 heavy (non-hydrogen) atoms. The molecule has 0 radical (unpaired) electrons. The summed E-state index contributed by atoms with van der Waals surface area (Å²) in [5, 5.41) is 2.99. The topological polar surface area (TPSA) is 29.4 Å². The summed E-state index contributed by atoms with van der Waals surface area (Å²) in [4.78, 5) is 10.3. The van der Waals surface area contributed by atoms with Gasteiger partial charge >= 0.3 is 0 Å². The lowest BCUT2D eigenvalue weighted by Crippen LogP contribution is -2.04. The minimum absolute atomic E-state index is 0.367. The molecule has 2 rings (SSSR count). The molecule has 0 saturated heterocycles. The standard InChI is InChI=1S/C16H17NO/c18-17-12-11-16(15-9-5-2-6-10-15)13-14-7-3-1-4-8-14/h1-10,16H,11-13H2. The normalized spacial score (nSPS) is 12.0. The van der Waals surface area contributed by atoms with Crippen LogP contribution < -0.4 is 0 Å². The molecule has 2 aromatic carbocycles. The summed E-state index contributed by atoms with van der Waals surface area (Å²) in [5.74, 6) is 0.367. The Bertz CT molecular complexity index is 467. The van der Waals surface area contributed by atoms with Gasteiger partial charge < -0.3 is 0 Å². The van der Waals surface area contributed by atoms with E-state index in [2.05, 4.69) is 41.6 Å². The van der Waals surface area contributed by atoms with Crippen molar-refractivity contribution >= 4 is 0 Å². The van der Waals surface area contributed by atoms with Crippen LogP contribution in [0.4, 0.5) is 0 Å². The third-order valence-electron chi connectivity index (χ3n) is 3.16. The maximum absolute atomic E-state index is 10.3. The predicted molar refractivity (Wildman–Crippen MR) is 74.6 cm³/mol. The first-order valence-electron chi connectivity index (χ1n) is 6.28. The molecule has 0 fully saturated rings. The van der Waals surface area contributed by atoms with Crippen LogP contribution in [0, 0.1) is 4.91 Å². The Labute approximate surface area is 108 Å². The molecule has 0 amide bonds. The molecule has 0 aliphatic rings. The Hall–Kier alpha value is -1.96. The van der Waals surface area contributed by atoms with Gasteiger partial charge in [-0.2, -0.15) is 4.91 Å². The van der Waals surface area contributed by atoms with Crippen LogP contribution >= 0.6 is 0 Å². The van der Waals surface area contributed by atoms with Crippen LogP contribution in [-0.4, -0.2) is 6.54 Å². The van der Waals surface area contributed by atoms with Crippen molar-refractivity contribution in [3.05, 3.63) is 76.7 Å². The second-order valence-electron chi connectivity index (χ2n) is 4.44. The Morgan fingerprint density at radius 1 is 0.889 bits per heavy atom. The first kappa shape index (κ1) is 12.5. The van der Waals surface area contributed by atoms with Crippen molar-refractivity contribution in [2.75, 3.05) is 6.54 Å². The van der Waals surface area contributed by atoms with Crippen molar-refractivity contribution in [1.29, 1.82) is 0 Å². The second kappa shape index (κ2) is 6.70. The highest BCUT2D eigenvalue weighted by Gasteiger charge is 2.11. The average Bonchev–Trinajstić information content (AvgIpc) is 2.45. The molecular formula is C16H17NO. The van der Waals surface area contributed by atoms with E-state index >= 15 is 0 Å². The number of nitrogens with zero attached hydrogens (tertiary/aromatic N) is 1. The highest BCUT2D eigenvalue weighted by molar-refractivity contribution is 5.24. The van der Waals surface area contributed by atoms with Gasteiger partial charge in [0.25, 0.3) is 0 Å². The molecule has 0 heterocycles. The predicted octanol–water partition coefficient (Wildman–Crippen LogP) is 4.17. The molecule has 0 spiro atoms. The molecule has 0 saturated carbocycles. The lowest BCUT2D eigenvalue weighted by atomic mass is 9.89. The summed E-state index contributed by atoms with van der Waals surface area (Å²) in [6.07, 6.45) is 1.77. The summed E-state index contributed by atoms with van der Waals surface area (Å²) >= 11 is 0. The quantitative estimate of drug-likeness (QED) is 0.696. The van der Waals surface area contributed by atoms with E-state index in [0.717, 1.165) is 12.8 Å². The van der Waals surface area contributed by atoms with E-state index in [1.54, 1.807) is 0 Å². The molecule has 0 bridgehead atoms. The van der Waals surface area contributed by atoms with Gasteiger partial charge in [0.05, 0.1) is 6.54 Å².